The third-order valence-corrected chi connectivity index (χ3v) is 5.40. The van der Waals surface area contributed by atoms with Gasteiger partial charge in [-0.05, 0) is 25.8 Å². The van der Waals surface area contributed by atoms with Crippen LogP contribution in [0, 0.1) is 6.92 Å². The lowest BCUT2D eigenvalue weighted by molar-refractivity contribution is -0.123. The minimum Gasteiger partial charge on any atom is -0.496 e. The molecule has 1 amide bonds. The fourth-order valence-electron chi connectivity index (χ4n) is 3.82. The van der Waals surface area contributed by atoms with E-state index in [1.165, 1.54) is 0 Å². The van der Waals surface area contributed by atoms with E-state index >= 15 is 0 Å². The Bertz CT molecular complexity index is 660. The molecule has 0 aromatic heterocycles. The second-order valence-electron chi connectivity index (χ2n) is 7.31. The highest BCUT2D eigenvalue weighted by atomic mass is 19.3. The molecular formula is C19H26F2N2O3. The third-order valence-electron chi connectivity index (χ3n) is 5.40. The Morgan fingerprint density at radius 3 is 2.73 bits per heavy atom. The summed E-state index contributed by atoms with van der Waals surface area (Å²) in [5, 5.41) is 5.50. The molecule has 1 aromatic carbocycles. The van der Waals surface area contributed by atoms with Gasteiger partial charge in [-0.15, -0.1) is 0 Å². The summed E-state index contributed by atoms with van der Waals surface area (Å²) in [6, 6.07) is 5.15. The Labute approximate surface area is 152 Å². The molecule has 7 heteroatoms. The van der Waals surface area contributed by atoms with Crippen molar-refractivity contribution in [2.75, 3.05) is 33.4 Å². The lowest BCUT2D eigenvalue weighted by Crippen LogP contribution is -2.49. The van der Waals surface area contributed by atoms with Gasteiger partial charge in [0.1, 0.15) is 5.75 Å². The molecular weight excluding hydrogens is 342 g/mol. The average molecular weight is 368 g/mol. The van der Waals surface area contributed by atoms with E-state index in [1.807, 2.05) is 19.1 Å². The summed E-state index contributed by atoms with van der Waals surface area (Å²) in [4.78, 5) is 12.4. The molecule has 2 heterocycles. The van der Waals surface area contributed by atoms with E-state index < -0.39 is 24.9 Å². The first-order valence-electron chi connectivity index (χ1n) is 8.97. The first kappa shape index (κ1) is 19.0. The Morgan fingerprint density at radius 2 is 2.12 bits per heavy atom. The Hall–Kier alpha value is -1.73. The van der Waals surface area contributed by atoms with Gasteiger partial charge < -0.3 is 14.8 Å². The lowest BCUT2D eigenvalue weighted by atomic mass is 9.73. The molecule has 0 bridgehead atoms. The van der Waals surface area contributed by atoms with Crippen LogP contribution in [-0.4, -0.2) is 51.3 Å². The maximum absolute atomic E-state index is 13.4. The standard InChI is InChI=1S/C19H26F2N2O3/c1-13-3-4-16(25-2)14(9-13)18(5-7-26-8-6-18)11-23-17(24)15-10-19(20,21)12-22-15/h3-4,9,15,22H,5-8,10-12H2,1-2H3,(H,23,24). The molecule has 2 aliphatic heterocycles. The molecule has 3 rings (SSSR count). The molecule has 1 unspecified atom stereocenters. The number of alkyl halides is 2. The highest BCUT2D eigenvalue weighted by molar-refractivity contribution is 5.82. The third kappa shape index (κ3) is 3.99. The number of nitrogens with one attached hydrogen (secondary N) is 2. The largest absolute Gasteiger partial charge is 0.496 e. The van der Waals surface area contributed by atoms with Gasteiger partial charge in [0.05, 0.1) is 19.7 Å². The normalized spacial score (nSPS) is 24.2. The molecule has 2 aliphatic rings. The van der Waals surface area contributed by atoms with Crippen molar-refractivity contribution in [3.05, 3.63) is 29.3 Å². The summed E-state index contributed by atoms with van der Waals surface area (Å²) in [5.74, 6) is -2.42. The second-order valence-corrected chi connectivity index (χ2v) is 7.31. The molecule has 2 N–H and O–H groups in total. The number of halogens is 2. The van der Waals surface area contributed by atoms with Gasteiger partial charge in [-0.2, -0.15) is 0 Å². The number of carbonyl (C=O) groups is 1. The van der Waals surface area contributed by atoms with E-state index in [1.54, 1.807) is 7.11 Å². The summed E-state index contributed by atoms with van der Waals surface area (Å²) in [6.45, 7) is 3.12. The molecule has 1 aromatic rings. The zero-order valence-electron chi connectivity index (χ0n) is 15.2. The predicted molar refractivity (Wildman–Crippen MR) is 93.8 cm³/mol. The van der Waals surface area contributed by atoms with Gasteiger partial charge in [0, 0.05) is 37.2 Å². The summed E-state index contributed by atoms with van der Waals surface area (Å²) in [7, 11) is 1.63. The van der Waals surface area contributed by atoms with E-state index in [4.69, 9.17) is 9.47 Å². The Balaban J connectivity index is 1.78. The number of benzene rings is 1. The van der Waals surface area contributed by atoms with Gasteiger partial charge in [0.2, 0.25) is 5.91 Å². The smallest absolute Gasteiger partial charge is 0.262 e. The molecule has 2 saturated heterocycles. The molecule has 144 valence electrons. The van der Waals surface area contributed by atoms with E-state index in [9.17, 15) is 13.6 Å². The van der Waals surface area contributed by atoms with Crippen molar-refractivity contribution in [2.45, 2.75) is 43.6 Å². The molecule has 2 fully saturated rings. The van der Waals surface area contributed by atoms with Crippen molar-refractivity contribution in [1.82, 2.24) is 10.6 Å². The molecule has 1 atom stereocenters. The van der Waals surface area contributed by atoms with Crippen LogP contribution in [-0.2, 0) is 14.9 Å². The minimum absolute atomic E-state index is 0.327. The molecule has 0 aliphatic carbocycles. The number of hydrogen-bond donors (Lipinski definition) is 2. The Morgan fingerprint density at radius 1 is 1.38 bits per heavy atom. The van der Waals surface area contributed by atoms with Gasteiger partial charge in [-0.1, -0.05) is 17.7 Å². The maximum Gasteiger partial charge on any atom is 0.262 e. The van der Waals surface area contributed by atoms with Crippen molar-refractivity contribution >= 4 is 5.91 Å². The predicted octanol–water partition coefficient (Wildman–Crippen LogP) is 2.17. The van der Waals surface area contributed by atoms with Crippen LogP contribution in [0.15, 0.2) is 18.2 Å². The van der Waals surface area contributed by atoms with Gasteiger partial charge in [0.15, 0.2) is 0 Å². The van der Waals surface area contributed by atoms with Crippen LogP contribution in [0.1, 0.15) is 30.4 Å². The van der Waals surface area contributed by atoms with Crippen LogP contribution in [0.3, 0.4) is 0 Å². The Kier molecular flexibility index (Phi) is 5.48. The van der Waals surface area contributed by atoms with Crippen molar-refractivity contribution < 1.29 is 23.0 Å². The maximum atomic E-state index is 13.4. The SMILES string of the molecule is COc1ccc(C)cc1C1(CNC(=O)C2CC(F)(F)CN2)CCOCC1. The first-order valence-corrected chi connectivity index (χ1v) is 8.97. The monoisotopic (exact) mass is 368 g/mol. The van der Waals surface area contributed by atoms with Crippen molar-refractivity contribution in [3.8, 4) is 5.75 Å². The number of amides is 1. The van der Waals surface area contributed by atoms with E-state index in [2.05, 4.69) is 16.7 Å². The van der Waals surface area contributed by atoms with Gasteiger partial charge >= 0.3 is 0 Å². The lowest BCUT2D eigenvalue weighted by Gasteiger charge is -2.39. The number of aryl methyl sites for hydroxylation is 1. The number of ether oxygens (including phenoxy) is 2. The zero-order chi connectivity index (χ0) is 18.8. The molecule has 0 radical (unpaired) electrons. The molecule has 26 heavy (non-hydrogen) atoms. The highest BCUT2D eigenvalue weighted by Gasteiger charge is 2.43. The first-order chi connectivity index (χ1) is 12.4. The number of methoxy groups -OCH3 is 1. The average Bonchev–Trinajstić information content (AvgIpc) is 3.00. The zero-order valence-corrected chi connectivity index (χ0v) is 15.2. The number of hydrogen-bond acceptors (Lipinski definition) is 4. The van der Waals surface area contributed by atoms with Gasteiger partial charge in [-0.3, -0.25) is 10.1 Å². The number of rotatable bonds is 5. The summed E-state index contributed by atoms with van der Waals surface area (Å²) in [6.07, 6.45) is 1.02. The topological polar surface area (TPSA) is 59.6 Å². The number of carbonyl (C=O) groups excluding carboxylic acids is 1. The van der Waals surface area contributed by atoms with Crippen LogP contribution < -0.4 is 15.4 Å². The quantitative estimate of drug-likeness (QED) is 0.836. The molecule has 5 nitrogen and oxygen atoms in total. The van der Waals surface area contributed by atoms with Crippen LogP contribution in [0.25, 0.3) is 0 Å². The van der Waals surface area contributed by atoms with Crippen LogP contribution in [0.4, 0.5) is 8.78 Å². The van der Waals surface area contributed by atoms with Crippen molar-refractivity contribution in [1.29, 1.82) is 0 Å². The fourth-order valence-corrected chi connectivity index (χ4v) is 3.82. The van der Waals surface area contributed by atoms with E-state index in [0.29, 0.717) is 19.8 Å². The molecule has 0 spiro atoms. The summed E-state index contributed by atoms with van der Waals surface area (Å²) >= 11 is 0. The van der Waals surface area contributed by atoms with Gasteiger partial charge in [0.25, 0.3) is 5.92 Å². The second kappa shape index (κ2) is 7.48. The van der Waals surface area contributed by atoms with E-state index in [0.717, 1.165) is 29.7 Å². The van der Waals surface area contributed by atoms with Crippen LogP contribution in [0.2, 0.25) is 0 Å². The van der Waals surface area contributed by atoms with Crippen LogP contribution in [0.5, 0.6) is 5.75 Å². The van der Waals surface area contributed by atoms with Crippen molar-refractivity contribution in [3.63, 3.8) is 0 Å². The molecule has 0 saturated carbocycles. The fraction of sp³-hybridized carbons (Fsp3) is 0.632. The van der Waals surface area contributed by atoms with Crippen LogP contribution >= 0.6 is 0 Å². The summed E-state index contributed by atoms with van der Waals surface area (Å²) < 4.78 is 37.8. The highest BCUT2D eigenvalue weighted by Crippen LogP contribution is 2.40. The van der Waals surface area contributed by atoms with Crippen molar-refractivity contribution in [2.24, 2.45) is 0 Å². The summed E-state index contributed by atoms with van der Waals surface area (Å²) in [5.41, 5.74) is 1.82. The van der Waals surface area contributed by atoms with E-state index in [-0.39, 0.29) is 11.3 Å². The van der Waals surface area contributed by atoms with Gasteiger partial charge in [-0.25, -0.2) is 8.78 Å². The minimum atomic E-state index is -2.82.